The summed E-state index contributed by atoms with van der Waals surface area (Å²) in [6.07, 6.45) is 3.71. The molecule has 1 aromatic heterocycles. The summed E-state index contributed by atoms with van der Waals surface area (Å²) in [6, 6.07) is 6.16. The minimum absolute atomic E-state index is 0.253. The summed E-state index contributed by atoms with van der Waals surface area (Å²) in [6.45, 7) is 3.36. The SMILES string of the molecule is CCCNCc1cc(-c2cncc(F)c2)ccc1F. The monoisotopic (exact) mass is 262 g/mol. The molecule has 2 aromatic rings. The number of rotatable bonds is 5. The van der Waals surface area contributed by atoms with Gasteiger partial charge in [0.1, 0.15) is 11.6 Å². The van der Waals surface area contributed by atoms with E-state index in [1.165, 1.54) is 12.1 Å². The van der Waals surface area contributed by atoms with Gasteiger partial charge in [0, 0.05) is 23.9 Å². The molecule has 1 aromatic carbocycles. The molecule has 19 heavy (non-hydrogen) atoms. The van der Waals surface area contributed by atoms with Crippen LogP contribution >= 0.6 is 0 Å². The Hall–Kier alpha value is -1.81. The van der Waals surface area contributed by atoms with Crippen molar-refractivity contribution in [2.24, 2.45) is 0 Å². The van der Waals surface area contributed by atoms with Crippen molar-refractivity contribution in [3.63, 3.8) is 0 Å². The van der Waals surface area contributed by atoms with Crippen molar-refractivity contribution in [3.8, 4) is 11.1 Å². The average molecular weight is 262 g/mol. The molecule has 0 amide bonds. The number of pyridine rings is 1. The predicted octanol–water partition coefficient (Wildman–Crippen LogP) is 3.53. The van der Waals surface area contributed by atoms with Crippen LogP contribution in [-0.2, 0) is 6.54 Å². The summed E-state index contributed by atoms with van der Waals surface area (Å²) in [5.74, 6) is -0.649. The molecule has 1 heterocycles. The van der Waals surface area contributed by atoms with Crippen molar-refractivity contribution in [1.29, 1.82) is 0 Å². The van der Waals surface area contributed by atoms with Gasteiger partial charge in [-0.15, -0.1) is 0 Å². The summed E-state index contributed by atoms with van der Waals surface area (Å²) in [5.41, 5.74) is 1.99. The van der Waals surface area contributed by atoms with Crippen LogP contribution in [0.3, 0.4) is 0 Å². The molecule has 0 radical (unpaired) electrons. The standard InChI is InChI=1S/C15H16F2N2/c1-2-5-18-9-13-6-11(3-4-15(13)17)12-7-14(16)10-19-8-12/h3-4,6-8,10,18H,2,5,9H2,1H3. The molecule has 2 nitrogen and oxygen atoms in total. The summed E-state index contributed by atoms with van der Waals surface area (Å²) in [5, 5.41) is 3.15. The number of hydrogen-bond donors (Lipinski definition) is 1. The summed E-state index contributed by atoms with van der Waals surface area (Å²) >= 11 is 0. The van der Waals surface area contributed by atoms with Crippen LogP contribution in [0.4, 0.5) is 8.78 Å². The van der Waals surface area contributed by atoms with Gasteiger partial charge in [-0.3, -0.25) is 4.98 Å². The molecule has 0 unspecified atom stereocenters. The van der Waals surface area contributed by atoms with Crippen LogP contribution in [0.15, 0.2) is 36.7 Å². The van der Waals surface area contributed by atoms with Gasteiger partial charge in [0.25, 0.3) is 0 Å². The first-order valence-electron chi connectivity index (χ1n) is 6.30. The normalized spacial score (nSPS) is 10.7. The second-order valence-electron chi connectivity index (χ2n) is 4.37. The fourth-order valence-electron chi connectivity index (χ4n) is 1.86. The first-order chi connectivity index (χ1) is 9.20. The maximum Gasteiger partial charge on any atom is 0.142 e. The highest BCUT2D eigenvalue weighted by atomic mass is 19.1. The number of nitrogens with zero attached hydrogens (tertiary/aromatic N) is 1. The van der Waals surface area contributed by atoms with E-state index in [2.05, 4.69) is 17.2 Å². The number of hydrogen-bond acceptors (Lipinski definition) is 2. The Balaban J connectivity index is 2.25. The van der Waals surface area contributed by atoms with E-state index < -0.39 is 5.82 Å². The van der Waals surface area contributed by atoms with Crippen molar-refractivity contribution in [2.75, 3.05) is 6.54 Å². The highest BCUT2D eigenvalue weighted by Gasteiger charge is 2.06. The Morgan fingerprint density at radius 2 is 1.95 bits per heavy atom. The molecule has 2 rings (SSSR count). The molecular weight excluding hydrogens is 246 g/mol. The molecule has 0 aliphatic carbocycles. The lowest BCUT2D eigenvalue weighted by Gasteiger charge is -2.08. The highest BCUT2D eigenvalue weighted by molar-refractivity contribution is 5.63. The van der Waals surface area contributed by atoms with E-state index in [0.29, 0.717) is 17.7 Å². The van der Waals surface area contributed by atoms with E-state index in [1.807, 2.05) is 0 Å². The van der Waals surface area contributed by atoms with E-state index in [4.69, 9.17) is 0 Å². The van der Waals surface area contributed by atoms with Gasteiger partial charge < -0.3 is 5.32 Å². The quantitative estimate of drug-likeness (QED) is 0.834. The zero-order valence-electron chi connectivity index (χ0n) is 10.8. The van der Waals surface area contributed by atoms with Crippen LogP contribution in [0.1, 0.15) is 18.9 Å². The highest BCUT2D eigenvalue weighted by Crippen LogP contribution is 2.22. The molecular formula is C15H16F2N2. The second-order valence-corrected chi connectivity index (χ2v) is 4.37. The Morgan fingerprint density at radius 1 is 1.11 bits per heavy atom. The molecule has 0 aliphatic rings. The topological polar surface area (TPSA) is 24.9 Å². The Kier molecular flexibility index (Phi) is 4.58. The van der Waals surface area contributed by atoms with E-state index >= 15 is 0 Å². The summed E-state index contributed by atoms with van der Waals surface area (Å²) in [7, 11) is 0. The van der Waals surface area contributed by atoms with Gasteiger partial charge >= 0.3 is 0 Å². The van der Waals surface area contributed by atoms with Crippen LogP contribution in [0.25, 0.3) is 11.1 Å². The van der Waals surface area contributed by atoms with Crippen LogP contribution in [0.5, 0.6) is 0 Å². The van der Waals surface area contributed by atoms with Gasteiger partial charge in [0.05, 0.1) is 6.20 Å². The molecule has 0 bridgehead atoms. The van der Waals surface area contributed by atoms with Crippen LogP contribution in [0, 0.1) is 11.6 Å². The minimum atomic E-state index is -0.396. The Morgan fingerprint density at radius 3 is 2.68 bits per heavy atom. The van der Waals surface area contributed by atoms with E-state index in [-0.39, 0.29) is 5.82 Å². The molecule has 100 valence electrons. The maximum absolute atomic E-state index is 13.7. The van der Waals surface area contributed by atoms with Crippen LogP contribution < -0.4 is 5.32 Å². The van der Waals surface area contributed by atoms with Crippen molar-refractivity contribution < 1.29 is 8.78 Å². The number of nitrogens with one attached hydrogen (secondary N) is 1. The van der Waals surface area contributed by atoms with Crippen molar-refractivity contribution in [2.45, 2.75) is 19.9 Å². The molecule has 0 spiro atoms. The molecule has 1 N–H and O–H groups in total. The Bertz CT molecular complexity index is 556. The largest absolute Gasteiger partial charge is 0.313 e. The first-order valence-corrected chi connectivity index (χ1v) is 6.30. The zero-order valence-corrected chi connectivity index (χ0v) is 10.8. The van der Waals surface area contributed by atoms with Gasteiger partial charge in [-0.25, -0.2) is 8.78 Å². The molecule has 0 fully saturated rings. The van der Waals surface area contributed by atoms with Crippen molar-refractivity contribution in [3.05, 3.63) is 53.9 Å². The summed E-state index contributed by atoms with van der Waals surface area (Å²) in [4.78, 5) is 3.80. The minimum Gasteiger partial charge on any atom is -0.313 e. The predicted molar refractivity (Wildman–Crippen MR) is 71.6 cm³/mol. The van der Waals surface area contributed by atoms with Gasteiger partial charge in [0.2, 0.25) is 0 Å². The molecule has 0 aliphatic heterocycles. The maximum atomic E-state index is 13.7. The van der Waals surface area contributed by atoms with E-state index in [0.717, 1.165) is 24.7 Å². The third-order valence-electron chi connectivity index (χ3n) is 2.83. The third-order valence-corrected chi connectivity index (χ3v) is 2.83. The van der Waals surface area contributed by atoms with Gasteiger partial charge in [0.15, 0.2) is 0 Å². The first kappa shape index (κ1) is 13.6. The number of halogens is 2. The fraction of sp³-hybridized carbons (Fsp3) is 0.267. The number of benzene rings is 1. The van der Waals surface area contributed by atoms with Gasteiger partial charge in [-0.1, -0.05) is 13.0 Å². The van der Waals surface area contributed by atoms with Gasteiger partial charge in [-0.05, 0) is 36.7 Å². The fourth-order valence-corrected chi connectivity index (χ4v) is 1.86. The molecule has 0 atom stereocenters. The lowest BCUT2D eigenvalue weighted by Crippen LogP contribution is -2.14. The smallest absolute Gasteiger partial charge is 0.142 e. The average Bonchev–Trinajstić information content (AvgIpc) is 2.41. The zero-order chi connectivity index (χ0) is 13.7. The van der Waals surface area contributed by atoms with Crippen molar-refractivity contribution in [1.82, 2.24) is 10.3 Å². The second kappa shape index (κ2) is 6.38. The molecule has 0 saturated heterocycles. The molecule has 4 heteroatoms. The van der Waals surface area contributed by atoms with Crippen molar-refractivity contribution >= 4 is 0 Å². The molecule has 0 saturated carbocycles. The van der Waals surface area contributed by atoms with Crippen LogP contribution in [-0.4, -0.2) is 11.5 Å². The van der Waals surface area contributed by atoms with E-state index in [9.17, 15) is 8.78 Å². The van der Waals surface area contributed by atoms with E-state index in [1.54, 1.807) is 18.3 Å². The number of aromatic nitrogens is 1. The lowest BCUT2D eigenvalue weighted by molar-refractivity contribution is 0.587. The summed E-state index contributed by atoms with van der Waals surface area (Å²) < 4.78 is 26.8. The third kappa shape index (κ3) is 3.58. The lowest BCUT2D eigenvalue weighted by atomic mass is 10.0. The van der Waals surface area contributed by atoms with Crippen LogP contribution in [0.2, 0.25) is 0 Å². The Labute approximate surface area is 111 Å². The van der Waals surface area contributed by atoms with Gasteiger partial charge in [-0.2, -0.15) is 0 Å².